The maximum atomic E-state index is 11.8. The highest BCUT2D eigenvalue weighted by Gasteiger charge is 2.24. The number of hydrogen-bond acceptors (Lipinski definition) is 4. The Balaban J connectivity index is 2.35. The molecule has 0 spiro atoms. The Labute approximate surface area is 102 Å². The molecule has 1 heterocycles. The first kappa shape index (κ1) is 13.9. The second-order valence-electron chi connectivity index (χ2n) is 4.29. The number of rotatable bonds is 4. The van der Waals surface area contributed by atoms with E-state index in [4.69, 9.17) is 5.73 Å². The third-order valence-electron chi connectivity index (χ3n) is 3.09. The van der Waals surface area contributed by atoms with Crippen molar-refractivity contribution < 1.29 is 9.59 Å². The van der Waals surface area contributed by atoms with Gasteiger partial charge in [0.2, 0.25) is 11.8 Å². The van der Waals surface area contributed by atoms with Gasteiger partial charge in [0.25, 0.3) is 0 Å². The highest BCUT2D eigenvalue weighted by Crippen LogP contribution is 2.04. The van der Waals surface area contributed by atoms with Crippen LogP contribution in [0, 0.1) is 0 Å². The molecule has 2 amide bonds. The molecule has 3 N–H and O–H groups in total. The number of nitrogens with two attached hydrogens (primary N) is 1. The summed E-state index contributed by atoms with van der Waals surface area (Å²) in [5.41, 5.74) is 5.72. The van der Waals surface area contributed by atoms with Crippen LogP contribution in [0.25, 0.3) is 0 Å². The molecule has 6 heteroatoms. The predicted molar refractivity (Wildman–Crippen MR) is 65.4 cm³/mol. The quantitative estimate of drug-likeness (QED) is 0.636. The largest absolute Gasteiger partial charge is 0.358 e. The van der Waals surface area contributed by atoms with Crippen molar-refractivity contribution in [2.24, 2.45) is 5.73 Å². The van der Waals surface area contributed by atoms with Gasteiger partial charge in [-0.05, 0) is 6.42 Å². The molecular weight excluding hydrogens is 220 g/mol. The molecule has 1 aliphatic heterocycles. The van der Waals surface area contributed by atoms with E-state index in [0.717, 1.165) is 13.1 Å². The molecule has 6 nitrogen and oxygen atoms in total. The van der Waals surface area contributed by atoms with E-state index >= 15 is 0 Å². The van der Waals surface area contributed by atoms with Crippen molar-refractivity contribution in [2.45, 2.75) is 19.4 Å². The van der Waals surface area contributed by atoms with Crippen molar-refractivity contribution in [2.75, 3.05) is 39.8 Å². The van der Waals surface area contributed by atoms with Crippen LogP contribution < -0.4 is 11.1 Å². The average molecular weight is 242 g/mol. The Hall–Kier alpha value is -1.14. The lowest BCUT2D eigenvalue weighted by atomic mass is 10.2. The fourth-order valence-electron chi connectivity index (χ4n) is 1.82. The minimum Gasteiger partial charge on any atom is -0.358 e. The summed E-state index contributed by atoms with van der Waals surface area (Å²) >= 11 is 0. The zero-order valence-electron chi connectivity index (χ0n) is 10.6. The third kappa shape index (κ3) is 3.98. The fourth-order valence-corrected chi connectivity index (χ4v) is 1.82. The molecule has 0 unspecified atom stereocenters. The molecule has 1 fully saturated rings. The van der Waals surface area contributed by atoms with Gasteiger partial charge in [-0.3, -0.25) is 14.5 Å². The van der Waals surface area contributed by atoms with Crippen LogP contribution in [-0.4, -0.2) is 67.4 Å². The van der Waals surface area contributed by atoms with E-state index in [1.807, 2.05) is 11.8 Å². The number of likely N-dealkylation sites (N-methyl/N-ethyl adjacent to an activating group) is 1. The highest BCUT2D eigenvalue weighted by atomic mass is 16.2. The fraction of sp³-hybridized carbons (Fsp3) is 0.818. The van der Waals surface area contributed by atoms with E-state index in [1.165, 1.54) is 0 Å². The molecule has 0 aromatic rings. The topological polar surface area (TPSA) is 78.7 Å². The molecule has 0 aromatic heterocycles. The molecule has 1 saturated heterocycles. The summed E-state index contributed by atoms with van der Waals surface area (Å²) in [5, 5.41) is 2.59. The van der Waals surface area contributed by atoms with E-state index in [1.54, 1.807) is 11.9 Å². The first-order valence-corrected chi connectivity index (χ1v) is 6.05. The van der Waals surface area contributed by atoms with Gasteiger partial charge in [-0.1, -0.05) is 6.92 Å². The lowest BCUT2D eigenvalue weighted by Crippen LogP contribution is -2.54. The summed E-state index contributed by atoms with van der Waals surface area (Å²) in [7, 11) is 1.63. The predicted octanol–water partition coefficient (Wildman–Crippen LogP) is -1.39. The average Bonchev–Trinajstić information content (AvgIpc) is 2.37. The van der Waals surface area contributed by atoms with Crippen molar-refractivity contribution >= 4 is 11.8 Å². The van der Waals surface area contributed by atoms with Crippen LogP contribution in [0.4, 0.5) is 0 Å². The number of piperazine rings is 1. The van der Waals surface area contributed by atoms with Gasteiger partial charge in [-0.2, -0.15) is 0 Å². The molecule has 1 aliphatic rings. The summed E-state index contributed by atoms with van der Waals surface area (Å²) in [4.78, 5) is 26.8. The lowest BCUT2D eigenvalue weighted by molar-refractivity contribution is -0.134. The molecule has 0 aliphatic carbocycles. The van der Waals surface area contributed by atoms with Crippen LogP contribution in [0.3, 0.4) is 0 Å². The number of nitrogens with one attached hydrogen (secondary N) is 1. The SMILES string of the molecule is CC[C@@H](N)C(=O)N1CCN(CC(=O)NC)CC1. The van der Waals surface area contributed by atoms with Crippen molar-refractivity contribution in [3.8, 4) is 0 Å². The van der Waals surface area contributed by atoms with Crippen LogP contribution in [0.1, 0.15) is 13.3 Å². The second kappa shape index (κ2) is 6.56. The van der Waals surface area contributed by atoms with E-state index in [0.29, 0.717) is 26.1 Å². The first-order valence-electron chi connectivity index (χ1n) is 6.05. The minimum absolute atomic E-state index is 0.00929. The Morgan fingerprint density at radius 3 is 2.35 bits per heavy atom. The van der Waals surface area contributed by atoms with Gasteiger partial charge < -0.3 is 16.0 Å². The van der Waals surface area contributed by atoms with Gasteiger partial charge >= 0.3 is 0 Å². The summed E-state index contributed by atoms with van der Waals surface area (Å²) in [6.07, 6.45) is 0.664. The standard InChI is InChI=1S/C11H22N4O2/c1-3-9(12)11(17)15-6-4-14(5-7-15)8-10(16)13-2/h9H,3-8,12H2,1-2H3,(H,13,16)/t9-/m1/s1. The molecular formula is C11H22N4O2. The van der Waals surface area contributed by atoms with Gasteiger partial charge in [0.1, 0.15) is 0 Å². The highest BCUT2D eigenvalue weighted by molar-refractivity contribution is 5.81. The lowest BCUT2D eigenvalue weighted by Gasteiger charge is -2.35. The minimum atomic E-state index is -0.388. The number of carbonyl (C=O) groups excluding carboxylic acids is 2. The molecule has 98 valence electrons. The zero-order valence-corrected chi connectivity index (χ0v) is 10.6. The summed E-state index contributed by atoms with van der Waals surface area (Å²) < 4.78 is 0. The van der Waals surface area contributed by atoms with E-state index in [9.17, 15) is 9.59 Å². The molecule has 0 aromatic carbocycles. The molecule has 1 atom stereocenters. The van der Waals surface area contributed by atoms with Crippen molar-refractivity contribution in [3.05, 3.63) is 0 Å². The Morgan fingerprint density at radius 2 is 1.88 bits per heavy atom. The smallest absolute Gasteiger partial charge is 0.239 e. The zero-order chi connectivity index (χ0) is 12.8. The van der Waals surface area contributed by atoms with Crippen LogP contribution in [0.15, 0.2) is 0 Å². The van der Waals surface area contributed by atoms with Gasteiger partial charge in [-0.25, -0.2) is 0 Å². The molecule has 1 rings (SSSR count). The summed E-state index contributed by atoms with van der Waals surface area (Å²) in [5.74, 6) is 0.0297. The molecule has 0 bridgehead atoms. The number of carbonyl (C=O) groups is 2. The maximum absolute atomic E-state index is 11.8. The summed E-state index contributed by atoms with van der Waals surface area (Å²) in [6, 6.07) is -0.388. The maximum Gasteiger partial charge on any atom is 0.239 e. The molecule has 0 radical (unpaired) electrons. The van der Waals surface area contributed by atoms with Crippen LogP contribution in [0.5, 0.6) is 0 Å². The normalized spacial score (nSPS) is 18.9. The third-order valence-corrected chi connectivity index (χ3v) is 3.09. The van der Waals surface area contributed by atoms with Gasteiger partial charge in [0, 0.05) is 33.2 Å². The Morgan fingerprint density at radius 1 is 1.29 bits per heavy atom. The van der Waals surface area contributed by atoms with E-state index < -0.39 is 0 Å². The van der Waals surface area contributed by atoms with Crippen LogP contribution >= 0.6 is 0 Å². The molecule has 17 heavy (non-hydrogen) atoms. The number of nitrogens with zero attached hydrogens (tertiary/aromatic N) is 2. The Bertz CT molecular complexity index is 275. The number of hydrogen-bond donors (Lipinski definition) is 2. The van der Waals surface area contributed by atoms with Crippen LogP contribution in [-0.2, 0) is 9.59 Å². The first-order chi connectivity index (χ1) is 8.08. The van der Waals surface area contributed by atoms with E-state index in [2.05, 4.69) is 5.32 Å². The van der Waals surface area contributed by atoms with E-state index in [-0.39, 0.29) is 17.9 Å². The van der Waals surface area contributed by atoms with Gasteiger partial charge in [0.15, 0.2) is 0 Å². The molecule has 0 saturated carbocycles. The van der Waals surface area contributed by atoms with Crippen molar-refractivity contribution in [1.29, 1.82) is 0 Å². The van der Waals surface area contributed by atoms with Gasteiger partial charge in [-0.15, -0.1) is 0 Å². The van der Waals surface area contributed by atoms with Crippen molar-refractivity contribution in [1.82, 2.24) is 15.1 Å². The second-order valence-corrected chi connectivity index (χ2v) is 4.29. The monoisotopic (exact) mass is 242 g/mol. The van der Waals surface area contributed by atoms with Gasteiger partial charge in [0.05, 0.1) is 12.6 Å². The van der Waals surface area contributed by atoms with Crippen LogP contribution in [0.2, 0.25) is 0 Å². The Kier molecular flexibility index (Phi) is 5.37. The summed E-state index contributed by atoms with van der Waals surface area (Å²) in [6.45, 7) is 5.08. The number of amides is 2. The van der Waals surface area contributed by atoms with Crippen molar-refractivity contribution in [3.63, 3.8) is 0 Å².